The fraction of sp³-hybridized carbons (Fsp3) is 0.692. The maximum Gasteiger partial charge on any atom is 0.168 e. The Morgan fingerprint density at radius 2 is 2.05 bits per heavy atom. The van der Waals surface area contributed by atoms with Gasteiger partial charge in [-0.2, -0.15) is 10.4 Å². The van der Waals surface area contributed by atoms with E-state index in [0.717, 1.165) is 26.1 Å². The molecule has 1 aliphatic rings. The van der Waals surface area contributed by atoms with Crippen molar-refractivity contribution in [1.82, 2.24) is 9.78 Å². The average Bonchev–Trinajstić information content (AvgIpc) is 2.67. The highest BCUT2D eigenvalue weighted by atomic mass is 16.5. The molecule has 0 amide bonds. The van der Waals surface area contributed by atoms with Crippen molar-refractivity contribution in [3.63, 3.8) is 0 Å². The van der Waals surface area contributed by atoms with Gasteiger partial charge < -0.3 is 15.8 Å². The number of rotatable bonds is 2. The van der Waals surface area contributed by atoms with E-state index >= 15 is 0 Å². The Morgan fingerprint density at radius 3 is 2.58 bits per heavy atom. The average molecular weight is 263 g/mol. The van der Waals surface area contributed by atoms with Crippen LogP contribution in [-0.4, -0.2) is 29.0 Å². The van der Waals surface area contributed by atoms with Crippen LogP contribution >= 0.6 is 0 Å². The van der Waals surface area contributed by atoms with Crippen molar-refractivity contribution in [3.8, 4) is 6.07 Å². The Morgan fingerprint density at radius 1 is 1.42 bits per heavy atom. The summed E-state index contributed by atoms with van der Waals surface area (Å²) in [7, 11) is 0. The minimum atomic E-state index is -0.245. The predicted molar refractivity (Wildman–Crippen MR) is 73.8 cm³/mol. The fourth-order valence-corrected chi connectivity index (χ4v) is 2.19. The SMILES string of the molecule is CC(C)(C)n1nc(NC2CCOCC2)c(C#N)c1N. The topological polar surface area (TPSA) is 88.9 Å². The fourth-order valence-electron chi connectivity index (χ4n) is 2.19. The lowest BCUT2D eigenvalue weighted by molar-refractivity contribution is 0.0903. The van der Waals surface area contributed by atoms with Crippen molar-refractivity contribution < 1.29 is 4.74 Å². The van der Waals surface area contributed by atoms with Crippen molar-refractivity contribution >= 4 is 11.6 Å². The highest BCUT2D eigenvalue weighted by Crippen LogP contribution is 2.28. The first-order chi connectivity index (χ1) is 8.93. The molecule has 0 aliphatic carbocycles. The van der Waals surface area contributed by atoms with Crippen molar-refractivity contribution in [2.45, 2.75) is 45.2 Å². The van der Waals surface area contributed by atoms with Gasteiger partial charge in [0, 0.05) is 19.3 Å². The molecule has 0 bridgehead atoms. The smallest absolute Gasteiger partial charge is 0.168 e. The van der Waals surface area contributed by atoms with Crippen LogP contribution in [-0.2, 0) is 10.3 Å². The number of nitrogen functional groups attached to an aromatic ring is 1. The van der Waals surface area contributed by atoms with Crippen molar-refractivity contribution in [2.24, 2.45) is 0 Å². The first-order valence-electron chi connectivity index (χ1n) is 6.57. The summed E-state index contributed by atoms with van der Waals surface area (Å²) in [5.74, 6) is 1.01. The van der Waals surface area contributed by atoms with Crippen LogP contribution in [0.4, 0.5) is 11.6 Å². The van der Waals surface area contributed by atoms with E-state index in [-0.39, 0.29) is 5.54 Å². The number of ether oxygens (including phenoxy) is 1. The molecule has 0 atom stereocenters. The van der Waals surface area contributed by atoms with E-state index in [1.54, 1.807) is 4.68 Å². The van der Waals surface area contributed by atoms with Crippen molar-refractivity contribution in [2.75, 3.05) is 24.3 Å². The Kier molecular flexibility index (Phi) is 3.67. The Labute approximate surface area is 113 Å². The van der Waals surface area contributed by atoms with Crippen LogP contribution in [0.2, 0.25) is 0 Å². The summed E-state index contributed by atoms with van der Waals surface area (Å²) >= 11 is 0. The van der Waals surface area contributed by atoms with Gasteiger partial charge in [-0.15, -0.1) is 0 Å². The van der Waals surface area contributed by atoms with Crippen molar-refractivity contribution in [1.29, 1.82) is 5.26 Å². The molecule has 1 fully saturated rings. The molecule has 1 saturated heterocycles. The summed E-state index contributed by atoms with van der Waals surface area (Å²) in [6.45, 7) is 7.52. The summed E-state index contributed by atoms with van der Waals surface area (Å²) in [6.07, 6.45) is 1.85. The number of nitrogens with one attached hydrogen (secondary N) is 1. The van der Waals surface area contributed by atoms with E-state index in [9.17, 15) is 5.26 Å². The zero-order valence-corrected chi connectivity index (χ0v) is 11.7. The summed E-state index contributed by atoms with van der Waals surface area (Å²) < 4.78 is 7.02. The molecule has 6 nitrogen and oxygen atoms in total. The third kappa shape index (κ3) is 2.82. The third-order valence-electron chi connectivity index (χ3n) is 3.23. The molecular weight excluding hydrogens is 242 g/mol. The van der Waals surface area contributed by atoms with Crippen LogP contribution in [0.5, 0.6) is 0 Å². The van der Waals surface area contributed by atoms with Gasteiger partial charge in [0.15, 0.2) is 5.82 Å². The number of hydrogen-bond acceptors (Lipinski definition) is 5. The summed E-state index contributed by atoms with van der Waals surface area (Å²) in [4.78, 5) is 0. The molecule has 19 heavy (non-hydrogen) atoms. The number of nitrogens with zero attached hydrogens (tertiary/aromatic N) is 3. The highest BCUT2D eigenvalue weighted by molar-refractivity contribution is 5.64. The summed E-state index contributed by atoms with van der Waals surface area (Å²) in [5.41, 5.74) is 6.21. The van der Waals surface area contributed by atoms with Gasteiger partial charge in [-0.25, -0.2) is 4.68 Å². The monoisotopic (exact) mass is 263 g/mol. The molecule has 1 aliphatic heterocycles. The largest absolute Gasteiger partial charge is 0.383 e. The number of hydrogen-bond donors (Lipinski definition) is 2. The summed E-state index contributed by atoms with van der Waals surface area (Å²) in [5, 5.41) is 17.0. The Bertz CT molecular complexity index is 488. The highest BCUT2D eigenvalue weighted by Gasteiger charge is 2.25. The van der Waals surface area contributed by atoms with Gasteiger partial charge in [-0.3, -0.25) is 0 Å². The molecule has 2 rings (SSSR count). The second-order valence-corrected chi connectivity index (χ2v) is 5.83. The number of nitrogens with two attached hydrogens (primary N) is 1. The molecule has 6 heteroatoms. The lowest BCUT2D eigenvalue weighted by atomic mass is 10.1. The molecule has 0 spiro atoms. The predicted octanol–water partition coefficient (Wildman–Crippen LogP) is 1.68. The Hall–Kier alpha value is -1.74. The normalized spacial score (nSPS) is 17.2. The molecule has 3 N–H and O–H groups in total. The van der Waals surface area contributed by atoms with E-state index in [4.69, 9.17) is 10.5 Å². The van der Waals surface area contributed by atoms with Crippen LogP contribution in [0, 0.1) is 11.3 Å². The van der Waals surface area contributed by atoms with Crippen LogP contribution in [0.3, 0.4) is 0 Å². The maximum absolute atomic E-state index is 9.26. The number of aromatic nitrogens is 2. The molecule has 0 radical (unpaired) electrons. The standard InChI is InChI=1S/C13H21N5O/c1-13(2,3)18-11(15)10(8-14)12(17-18)16-9-4-6-19-7-5-9/h9H,4-7,15H2,1-3H3,(H,16,17). The minimum absolute atomic E-state index is 0.245. The first-order valence-corrected chi connectivity index (χ1v) is 6.57. The van der Waals surface area contributed by atoms with Crippen LogP contribution in [0.1, 0.15) is 39.2 Å². The second kappa shape index (κ2) is 5.10. The van der Waals surface area contributed by atoms with Gasteiger partial charge in [0.2, 0.25) is 0 Å². The summed E-state index contributed by atoms with van der Waals surface area (Å²) in [6, 6.07) is 2.44. The first kappa shape index (κ1) is 13.7. The Balaban J connectivity index is 2.27. The van der Waals surface area contributed by atoms with Crippen LogP contribution in [0.25, 0.3) is 0 Å². The zero-order valence-electron chi connectivity index (χ0n) is 11.7. The van der Waals surface area contributed by atoms with Gasteiger partial charge in [-0.05, 0) is 33.6 Å². The maximum atomic E-state index is 9.26. The number of anilines is 2. The molecular formula is C13H21N5O. The third-order valence-corrected chi connectivity index (χ3v) is 3.23. The van der Waals surface area contributed by atoms with E-state index in [2.05, 4.69) is 16.5 Å². The van der Waals surface area contributed by atoms with Gasteiger partial charge in [0.25, 0.3) is 0 Å². The molecule has 2 heterocycles. The lowest BCUT2D eigenvalue weighted by Crippen LogP contribution is -2.29. The molecule has 1 aromatic heterocycles. The molecule has 1 aromatic rings. The quantitative estimate of drug-likeness (QED) is 0.847. The van der Waals surface area contributed by atoms with Gasteiger partial charge >= 0.3 is 0 Å². The van der Waals surface area contributed by atoms with Gasteiger partial charge in [0.1, 0.15) is 17.5 Å². The molecule has 104 valence electrons. The molecule has 0 aromatic carbocycles. The van der Waals surface area contributed by atoms with E-state index in [0.29, 0.717) is 23.2 Å². The van der Waals surface area contributed by atoms with Gasteiger partial charge in [-0.1, -0.05) is 0 Å². The van der Waals surface area contributed by atoms with Gasteiger partial charge in [0.05, 0.1) is 5.54 Å². The van der Waals surface area contributed by atoms with E-state index < -0.39 is 0 Å². The van der Waals surface area contributed by atoms with Crippen LogP contribution in [0.15, 0.2) is 0 Å². The van der Waals surface area contributed by atoms with E-state index in [1.165, 1.54) is 0 Å². The molecule has 0 unspecified atom stereocenters. The zero-order chi connectivity index (χ0) is 14.0. The lowest BCUT2D eigenvalue weighted by Gasteiger charge is -2.23. The minimum Gasteiger partial charge on any atom is -0.383 e. The van der Waals surface area contributed by atoms with E-state index in [1.807, 2.05) is 20.8 Å². The van der Waals surface area contributed by atoms with Crippen molar-refractivity contribution in [3.05, 3.63) is 5.56 Å². The number of nitriles is 1. The van der Waals surface area contributed by atoms with Crippen LogP contribution < -0.4 is 11.1 Å². The molecule has 0 saturated carbocycles. The second-order valence-electron chi connectivity index (χ2n) is 5.83.